The highest BCUT2D eigenvalue weighted by Crippen LogP contribution is 2.22. The van der Waals surface area contributed by atoms with Crippen molar-refractivity contribution in [1.82, 2.24) is 20.1 Å². The van der Waals surface area contributed by atoms with E-state index in [0.717, 1.165) is 16.2 Å². The van der Waals surface area contributed by atoms with Crippen molar-refractivity contribution in [3.8, 4) is 11.5 Å². The molecule has 4 rings (SSSR count). The number of aliphatic imine (C=N–C) groups is 1. The molecule has 0 saturated carbocycles. The number of aliphatic carboxylic acids is 1. The fourth-order valence-electron chi connectivity index (χ4n) is 3.14. The summed E-state index contributed by atoms with van der Waals surface area (Å²) in [6.45, 7) is 3.66. The Hall–Kier alpha value is -4.64. The van der Waals surface area contributed by atoms with Crippen LogP contribution < -0.4 is 15.6 Å². The number of aromatic amines is 1. The van der Waals surface area contributed by atoms with Crippen molar-refractivity contribution < 1.29 is 24.2 Å². The molecule has 12 heteroatoms. The standard InChI is InChI=1S/C13H14ClN3O4.C12H10N2O2/c14-10-3-1-9(2-4-10)7-16-8-15-12(20)17(13(16)21)6-5-11(18)19;1-13-9-2-4-10(5-3-9)16-11-6-7-12(15)14-8-11/h1-4H,5-8H2,(H,15,20)(H,18,19);2-8H,1H2,(H,14,15). The molecule has 2 heterocycles. The summed E-state index contributed by atoms with van der Waals surface area (Å²) in [6, 6.07) is 16.1. The van der Waals surface area contributed by atoms with Crippen molar-refractivity contribution in [3.05, 3.63) is 87.8 Å². The molecular weight excluding hydrogens is 502 g/mol. The first-order chi connectivity index (χ1) is 17.7. The topological polar surface area (TPSA) is 144 Å². The molecule has 0 atom stereocenters. The molecule has 0 bridgehead atoms. The maximum Gasteiger partial charge on any atom is 0.329 e. The van der Waals surface area contributed by atoms with Crippen LogP contribution in [0.1, 0.15) is 12.0 Å². The number of carboxylic acid groups (broad SMARTS) is 1. The maximum absolute atomic E-state index is 12.2. The Kier molecular flexibility index (Phi) is 9.39. The number of ether oxygens (including phenoxy) is 1. The Bertz CT molecular complexity index is 1290. The lowest BCUT2D eigenvalue weighted by Gasteiger charge is -2.34. The average Bonchev–Trinajstić information content (AvgIpc) is 2.89. The second-order valence-corrected chi connectivity index (χ2v) is 8.12. The molecule has 1 aliphatic rings. The monoisotopic (exact) mass is 525 g/mol. The first-order valence-electron chi connectivity index (χ1n) is 11.0. The largest absolute Gasteiger partial charge is 0.481 e. The number of imide groups is 1. The van der Waals surface area contributed by atoms with Crippen molar-refractivity contribution in [3.63, 3.8) is 0 Å². The van der Waals surface area contributed by atoms with E-state index >= 15 is 0 Å². The van der Waals surface area contributed by atoms with Gasteiger partial charge in [-0.15, -0.1) is 0 Å². The van der Waals surface area contributed by atoms with Gasteiger partial charge in [0.15, 0.2) is 0 Å². The summed E-state index contributed by atoms with van der Waals surface area (Å²) in [5, 5.41) is 11.8. The third kappa shape index (κ3) is 8.22. The molecule has 4 amide bonds. The molecule has 2 aromatic carbocycles. The van der Waals surface area contributed by atoms with Gasteiger partial charge in [0.2, 0.25) is 5.56 Å². The van der Waals surface area contributed by atoms with E-state index in [0.29, 0.717) is 23.1 Å². The summed E-state index contributed by atoms with van der Waals surface area (Å²) in [6.07, 6.45) is 1.23. The van der Waals surface area contributed by atoms with E-state index in [9.17, 15) is 19.2 Å². The number of carbonyl (C=O) groups excluding carboxylic acids is 2. The average molecular weight is 526 g/mol. The van der Waals surface area contributed by atoms with E-state index in [1.807, 2.05) is 0 Å². The number of hydrogen-bond donors (Lipinski definition) is 3. The van der Waals surface area contributed by atoms with E-state index in [-0.39, 0.29) is 25.2 Å². The van der Waals surface area contributed by atoms with Gasteiger partial charge in [0.05, 0.1) is 18.8 Å². The van der Waals surface area contributed by atoms with Gasteiger partial charge in [-0.1, -0.05) is 23.7 Å². The highest BCUT2D eigenvalue weighted by molar-refractivity contribution is 6.30. The van der Waals surface area contributed by atoms with E-state index in [4.69, 9.17) is 21.4 Å². The number of halogens is 1. The van der Waals surface area contributed by atoms with Crippen LogP contribution in [0.15, 0.2) is 76.6 Å². The molecule has 0 radical (unpaired) electrons. The maximum atomic E-state index is 12.2. The Morgan fingerprint density at radius 3 is 2.30 bits per heavy atom. The zero-order chi connectivity index (χ0) is 26.8. The lowest BCUT2D eigenvalue weighted by molar-refractivity contribution is -0.137. The Labute approximate surface area is 217 Å². The van der Waals surface area contributed by atoms with Crippen LogP contribution in [0.3, 0.4) is 0 Å². The lowest BCUT2D eigenvalue weighted by Crippen LogP contribution is -2.59. The summed E-state index contributed by atoms with van der Waals surface area (Å²) in [7, 11) is 0. The van der Waals surface area contributed by atoms with Crippen LogP contribution in [0.5, 0.6) is 11.5 Å². The number of pyridine rings is 1. The summed E-state index contributed by atoms with van der Waals surface area (Å²) in [4.78, 5) is 53.8. The number of nitrogens with one attached hydrogen (secondary N) is 2. The Morgan fingerprint density at radius 2 is 1.70 bits per heavy atom. The summed E-state index contributed by atoms with van der Waals surface area (Å²) in [5.74, 6) is 0.198. The number of hydrogen-bond acceptors (Lipinski definition) is 6. The van der Waals surface area contributed by atoms with Gasteiger partial charge >= 0.3 is 18.0 Å². The van der Waals surface area contributed by atoms with Gasteiger partial charge in [0.1, 0.15) is 11.5 Å². The molecule has 192 valence electrons. The molecule has 0 unspecified atom stereocenters. The van der Waals surface area contributed by atoms with Gasteiger partial charge in [0.25, 0.3) is 0 Å². The van der Waals surface area contributed by atoms with Crippen LogP contribution in [0.4, 0.5) is 15.3 Å². The number of rotatable bonds is 8. The van der Waals surface area contributed by atoms with Gasteiger partial charge in [-0.25, -0.2) is 14.5 Å². The molecule has 3 N–H and O–H groups in total. The number of aromatic nitrogens is 1. The van der Waals surface area contributed by atoms with Crippen LogP contribution in [-0.4, -0.2) is 57.9 Å². The van der Waals surface area contributed by atoms with Crippen LogP contribution in [0.25, 0.3) is 0 Å². The zero-order valence-electron chi connectivity index (χ0n) is 19.6. The van der Waals surface area contributed by atoms with Crippen molar-refractivity contribution in [1.29, 1.82) is 0 Å². The van der Waals surface area contributed by atoms with Crippen LogP contribution in [0, 0.1) is 0 Å². The molecule has 1 fully saturated rings. The van der Waals surface area contributed by atoms with Gasteiger partial charge < -0.3 is 25.0 Å². The zero-order valence-corrected chi connectivity index (χ0v) is 20.4. The fourth-order valence-corrected chi connectivity index (χ4v) is 3.26. The second kappa shape index (κ2) is 12.9. The minimum atomic E-state index is -1.06. The van der Waals surface area contributed by atoms with Crippen LogP contribution >= 0.6 is 11.6 Å². The first kappa shape index (κ1) is 27.0. The van der Waals surface area contributed by atoms with E-state index < -0.39 is 18.0 Å². The van der Waals surface area contributed by atoms with E-state index in [2.05, 4.69) is 22.0 Å². The summed E-state index contributed by atoms with van der Waals surface area (Å²) >= 11 is 5.79. The SMILES string of the molecule is C=Nc1ccc(Oc2ccc(=O)[nH]c2)cc1.O=C(O)CCN1C(=O)NCN(Cc2ccc(Cl)cc2)C1=O. The molecule has 0 spiro atoms. The van der Waals surface area contributed by atoms with E-state index in [1.54, 1.807) is 54.6 Å². The number of amides is 4. The highest BCUT2D eigenvalue weighted by Gasteiger charge is 2.31. The number of carbonyl (C=O) groups is 3. The molecule has 11 nitrogen and oxygen atoms in total. The number of nitrogens with zero attached hydrogens (tertiary/aromatic N) is 3. The molecule has 37 heavy (non-hydrogen) atoms. The highest BCUT2D eigenvalue weighted by atomic mass is 35.5. The van der Waals surface area contributed by atoms with Crippen LogP contribution in [0.2, 0.25) is 5.02 Å². The second-order valence-electron chi connectivity index (χ2n) is 7.69. The Morgan fingerprint density at radius 1 is 1.03 bits per heavy atom. The smallest absolute Gasteiger partial charge is 0.329 e. The van der Waals surface area contributed by atoms with Crippen molar-refractivity contribution in [2.75, 3.05) is 13.2 Å². The van der Waals surface area contributed by atoms with Crippen molar-refractivity contribution in [2.24, 2.45) is 4.99 Å². The molecule has 1 aliphatic heterocycles. The third-order valence-electron chi connectivity index (χ3n) is 5.01. The summed E-state index contributed by atoms with van der Waals surface area (Å²) in [5.41, 5.74) is 1.49. The summed E-state index contributed by atoms with van der Waals surface area (Å²) < 4.78 is 5.50. The minimum absolute atomic E-state index is 0.0872. The third-order valence-corrected chi connectivity index (χ3v) is 5.27. The van der Waals surface area contributed by atoms with Gasteiger partial charge in [-0.05, 0) is 54.7 Å². The quantitative estimate of drug-likeness (QED) is 0.375. The number of H-pyrrole nitrogens is 1. The normalized spacial score (nSPS) is 12.8. The lowest BCUT2D eigenvalue weighted by atomic mass is 10.2. The first-order valence-corrected chi connectivity index (χ1v) is 11.4. The fraction of sp³-hybridized carbons (Fsp3) is 0.160. The van der Waals surface area contributed by atoms with Gasteiger partial charge in [-0.3, -0.25) is 14.6 Å². The molecular formula is C25H24ClN5O6. The molecule has 1 aromatic heterocycles. The molecule has 1 saturated heterocycles. The number of urea groups is 2. The Balaban J connectivity index is 0.000000213. The number of benzene rings is 2. The number of carboxylic acids is 1. The van der Waals surface area contributed by atoms with E-state index in [1.165, 1.54) is 17.2 Å². The predicted octanol–water partition coefficient (Wildman–Crippen LogP) is 4.22. The van der Waals surface area contributed by atoms with Gasteiger partial charge in [-0.2, -0.15) is 0 Å². The van der Waals surface area contributed by atoms with Crippen molar-refractivity contribution >= 4 is 42.0 Å². The van der Waals surface area contributed by atoms with Crippen LogP contribution in [-0.2, 0) is 11.3 Å². The molecule has 3 aromatic rings. The molecule has 0 aliphatic carbocycles. The van der Waals surface area contributed by atoms with Gasteiger partial charge in [0, 0.05) is 30.4 Å². The predicted molar refractivity (Wildman–Crippen MR) is 138 cm³/mol. The van der Waals surface area contributed by atoms with Crippen molar-refractivity contribution in [2.45, 2.75) is 13.0 Å². The minimum Gasteiger partial charge on any atom is -0.481 e.